The van der Waals surface area contributed by atoms with E-state index in [1.807, 2.05) is 48.7 Å². The Morgan fingerprint density at radius 1 is 0.938 bits per heavy atom. The molecule has 1 aliphatic heterocycles. The van der Waals surface area contributed by atoms with Crippen LogP contribution in [0, 0.1) is 20.8 Å². The number of carbonyl (C=O) groups is 2. The molecule has 1 N–H and O–H groups in total. The molecule has 162 valence electrons. The van der Waals surface area contributed by atoms with Gasteiger partial charge in [-0.3, -0.25) is 19.8 Å². The fourth-order valence-electron chi connectivity index (χ4n) is 3.81. The highest BCUT2D eigenvalue weighted by Crippen LogP contribution is 2.31. The highest BCUT2D eigenvalue weighted by molar-refractivity contribution is 7.80. The molecule has 4 rings (SSSR count). The lowest BCUT2D eigenvalue weighted by molar-refractivity contribution is -0.122. The van der Waals surface area contributed by atoms with E-state index in [1.165, 1.54) is 4.90 Å². The quantitative estimate of drug-likeness (QED) is 0.302. The van der Waals surface area contributed by atoms with E-state index in [0.717, 1.165) is 22.6 Å². The van der Waals surface area contributed by atoms with Crippen LogP contribution in [0.5, 0.6) is 0 Å². The van der Waals surface area contributed by atoms with Crippen LogP contribution in [0.2, 0.25) is 10.0 Å². The number of aromatic nitrogens is 1. The van der Waals surface area contributed by atoms with Gasteiger partial charge in [0, 0.05) is 16.4 Å². The van der Waals surface area contributed by atoms with E-state index in [4.69, 9.17) is 35.4 Å². The molecule has 1 aliphatic rings. The predicted molar refractivity (Wildman–Crippen MR) is 133 cm³/mol. The van der Waals surface area contributed by atoms with Crippen molar-refractivity contribution in [1.29, 1.82) is 0 Å². The summed E-state index contributed by atoms with van der Waals surface area (Å²) >= 11 is 17.9. The zero-order valence-corrected chi connectivity index (χ0v) is 19.9. The van der Waals surface area contributed by atoms with Crippen molar-refractivity contribution >= 4 is 64.1 Å². The Kier molecular flexibility index (Phi) is 5.95. The average Bonchev–Trinajstić information content (AvgIpc) is 3.01. The van der Waals surface area contributed by atoms with Crippen LogP contribution in [0.4, 0.5) is 5.69 Å². The van der Waals surface area contributed by atoms with Crippen LogP contribution in [0.15, 0.2) is 54.1 Å². The highest BCUT2D eigenvalue weighted by Gasteiger charge is 2.35. The summed E-state index contributed by atoms with van der Waals surface area (Å²) in [6, 6.07) is 14.6. The predicted octanol–water partition coefficient (Wildman–Crippen LogP) is 5.54. The van der Waals surface area contributed by atoms with Crippen molar-refractivity contribution in [1.82, 2.24) is 9.88 Å². The molecule has 0 saturated carbocycles. The van der Waals surface area contributed by atoms with Crippen LogP contribution in [-0.4, -0.2) is 21.5 Å². The molecule has 2 heterocycles. The first kappa shape index (κ1) is 22.3. The van der Waals surface area contributed by atoms with Gasteiger partial charge in [-0.2, -0.15) is 0 Å². The molecule has 2 aromatic carbocycles. The van der Waals surface area contributed by atoms with Crippen LogP contribution in [0.25, 0.3) is 11.8 Å². The number of anilines is 1. The number of benzene rings is 2. The minimum atomic E-state index is -0.543. The van der Waals surface area contributed by atoms with Crippen molar-refractivity contribution in [3.8, 4) is 5.69 Å². The molecular formula is C24H19Cl2N3O2S. The van der Waals surface area contributed by atoms with Gasteiger partial charge in [0.25, 0.3) is 11.8 Å². The maximum Gasteiger partial charge on any atom is 0.270 e. The Morgan fingerprint density at radius 3 is 2.31 bits per heavy atom. The third kappa shape index (κ3) is 3.75. The smallest absolute Gasteiger partial charge is 0.270 e. The third-order valence-electron chi connectivity index (χ3n) is 5.45. The monoisotopic (exact) mass is 483 g/mol. The Bertz CT molecular complexity index is 1330. The van der Waals surface area contributed by atoms with E-state index in [0.29, 0.717) is 21.3 Å². The van der Waals surface area contributed by atoms with Crippen molar-refractivity contribution in [2.45, 2.75) is 20.8 Å². The van der Waals surface area contributed by atoms with Crippen LogP contribution >= 0.6 is 35.4 Å². The first-order chi connectivity index (χ1) is 15.2. The van der Waals surface area contributed by atoms with Crippen molar-refractivity contribution in [2.24, 2.45) is 0 Å². The van der Waals surface area contributed by atoms with E-state index >= 15 is 0 Å². The zero-order valence-electron chi connectivity index (χ0n) is 17.6. The number of amides is 2. The second-order valence-electron chi connectivity index (χ2n) is 7.46. The van der Waals surface area contributed by atoms with Gasteiger partial charge in [-0.05, 0) is 80.5 Å². The van der Waals surface area contributed by atoms with Crippen LogP contribution in [-0.2, 0) is 9.59 Å². The molecule has 32 heavy (non-hydrogen) atoms. The van der Waals surface area contributed by atoms with Gasteiger partial charge in [0.1, 0.15) is 5.57 Å². The largest absolute Gasteiger partial charge is 0.316 e. The number of hydrogen-bond donors (Lipinski definition) is 1. The first-order valence-electron chi connectivity index (χ1n) is 9.81. The summed E-state index contributed by atoms with van der Waals surface area (Å²) in [6.45, 7) is 5.65. The lowest BCUT2D eigenvalue weighted by Crippen LogP contribution is -2.54. The van der Waals surface area contributed by atoms with E-state index in [9.17, 15) is 9.59 Å². The lowest BCUT2D eigenvalue weighted by Gasteiger charge is -2.30. The number of thiocarbonyl (C=S) groups is 1. The zero-order chi connectivity index (χ0) is 23.2. The third-order valence-corrected chi connectivity index (χ3v) is 6.46. The summed E-state index contributed by atoms with van der Waals surface area (Å²) in [4.78, 5) is 27.4. The van der Waals surface area contributed by atoms with Crippen LogP contribution in [0.1, 0.15) is 22.5 Å². The van der Waals surface area contributed by atoms with Gasteiger partial charge in [0.2, 0.25) is 0 Å². The molecule has 0 unspecified atom stereocenters. The normalized spacial score (nSPS) is 15.5. The van der Waals surface area contributed by atoms with Crippen molar-refractivity contribution < 1.29 is 9.59 Å². The fourth-order valence-corrected chi connectivity index (χ4v) is 4.47. The summed E-state index contributed by atoms with van der Waals surface area (Å²) < 4.78 is 1.99. The molecule has 0 spiro atoms. The van der Waals surface area contributed by atoms with E-state index < -0.39 is 11.8 Å². The highest BCUT2D eigenvalue weighted by atomic mass is 35.5. The number of aryl methyl sites for hydroxylation is 1. The Morgan fingerprint density at radius 2 is 1.59 bits per heavy atom. The molecule has 0 atom stereocenters. The summed E-state index contributed by atoms with van der Waals surface area (Å²) in [5.74, 6) is -1.05. The Hall–Kier alpha value is -2.93. The number of rotatable bonds is 3. The van der Waals surface area contributed by atoms with Crippen molar-refractivity contribution in [3.05, 3.63) is 86.7 Å². The van der Waals surface area contributed by atoms with Gasteiger partial charge in [-0.25, -0.2) is 0 Å². The molecule has 5 nitrogen and oxygen atoms in total. The maximum atomic E-state index is 13.4. The number of halogens is 2. The second-order valence-corrected chi connectivity index (χ2v) is 8.66. The molecule has 1 aromatic heterocycles. The summed E-state index contributed by atoms with van der Waals surface area (Å²) in [5, 5.41) is 3.74. The van der Waals surface area contributed by atoms with E-state index in [-0.39, 0.29) is 10.7 Å². The van der Waals surface area contributed by atoms with Gasteiger partial charge in [0.05, 0.1) is 16.4 Å². The van der Waals surface area contributed by atoms with Gasteiger partial charge in [-0.1, -0.05) is 41.4 Å². The molecule has 0 aliphatic carbocycles. The number of hydrogen-bond acceptors (Lipinski definition) is 3. The van der Waals surface area contributed by atoms with Gasteiger partial charge >= 0.3 is 0 Å². The van der Waals surface area contributed by atoms with Gasteiger partial charge in [-0.15, -0.1) is 0 Å². The van der Waals surface area contributed by atoms with Crippen LogP contribution in [0.3, 0.4) is 0 Å². The second kappa shape index (κ2) is 8.54. The number of para-hydroxylation sites is 1. The summed E-state index contributed by atoms with van der Waals surface area (Å²) in [7, 11) is 0. The molecule has 2 amide bonds. The minimum Gasteiger partial charge on any atom is -0.316 e. The first-order valence-corrected chi connectivity index (χ1v) is 11.0. The molecule has 0 bridgehead atoms. The number of nitrogens with one attached hydrogen (secondary N) is 1. The molecule has 0 radical (unpaired) electrons. The fraction of sp³-hybridized carbons (Fsp3) is 0.125. The molecule has 8 heteroatoms. The SMILES string of the molecule is Cc1c(Cl)cccc1N1C(=O)/C(=C/c2cc(C)n(-c3ccccc3Cl)c2C)C(=O)NC1=S. The number of carbonyl (C=O) groups excluding carboxylic acids is 2. The summed E-state index contributed by atoms with van der Waals surface area (Å²) in [6.07, 6.45) is 1.59. The lowest BCUT2D eigenvalue weighted by atomic mass is 10.1. The van der Waals surface area contributed by atoms with E-state index in [2.05, 4.69) is 5.32 Å². The van der Waals surface area contributed by atoms with E-state index in [1.54, 1.807) is 31.2 Å². The average molecular weight is 484 g/mol. The topological polar surface area (TPSA) is 54.3 Å². The molecular weight excluding hydrogens is 465 g/mol. The Labute approximate surface area is 201 Å². The maximum absolute atomic E-state index is 13.4. The number of nitrogens with zero attached hydrogens (tertiary/aromatic N) is 2. The van der Waals surface area contributed by atoms with Crippen molar-refractivity contribution in [2.75, 3.05) is 4.90 Å². The van der Waals surface area contributed by atoms with Crippen molar-refractivity contribution in [3.63, 3.8) is 0 Å². The molecule has 3 aromatic rings. The van der Waals surface area contributed by atoms with Gasteiger partial charge < -0.3 is 4.57 Å². The summed E-state index contributed by atoms with van der Waals surface area (Å²) in [5.41, 5.74) is 4.53. The van der Waals surface area contributed by atoms with Crippen LogP contribution < -0.4 is 10.2 Å². The Balaban J connectivity index is 1.81. The van der Waals surface area contributed by atoms with Gasteiger partial charge in [0.15, 0.2) is 5.11 Å². The standard InChI is InChI=1S/C24H19Cl2N3O2S/c1-13-11-16(15(3)28(13)21-9-5-4-7-19(21)26)12-17-22(30)27-24(32)29(23(17)31)20-10-6-8-18(25)14(20)2/h4-12H,1-3H3,(H,27,30,32)/b17-12+. The minimum absolute atomic E-state index is 0.0163. The molecule has 1 fully saturated rings. The molecule has 1 saturated heterocycles.